The Hall–Kier alpha value is -2.67. The lowest BCUT2D eigenvalue weighted by Crippen LogP contribution is -2.26. The van der Waals surface area contributed by atoms with Gasteiger partial charge in [-0.1, -0.05) is 29.5 Å². The van der Waals surface area contributed by atoms with Crippen LogP contribution in [-0.4, -0.2) is 20.3 Å². The number of nitrogens with one attached hydrogen (secondary N) is 1. The number of aryl methyl sites for hydroxylation is 2. The molecule has 0 fully saturated rings. The highest BCUT2D eigenvalue weighted by Gasteiger charge is 2.14. The molecular formula is C19H22N4O2S. The van der Waals surface area contributed by atoms with Gasteiger partial charge in [-0.3, -0.25) is 9.59 Å². The first-order valence-corrected chi connectivity index (χ1v) is 9.37. The lowest BCUT2D eigenvalue weighted by atomic mass is 10.2. The van der Waals surface area contributed by atoms with Crippen LogP contribution in [0.3, 0.4) is 0 Å². The van der Waals surface area contributed by atoms with Crippen LogP contribution in [0.1, 0.15) is 29.1 Å². The molecule has 2 aromatic heterocycles. The molecule has 0 saturated carbocycles. The minimum atomic E-state index is -0.0752. The van der Waals surface area contributed by atoms with Crippen molar-refractivity contribution in [3.05, 3.63) is 68.0 Å². The van der Waals surface area contributed by atoms with Gasteiger partial charge >= 0.3 is 4.87 Å². The summed E-state index contributed by atoms with van der Waals surface area (Å²) < 4.78 is 3.53. The Kier molecular flexibility index (Phi) is 5.37. The largest absolute Gasteiger partial charge is 0.352 e. The molecule has 1 aromatic carbocycles. The molecule has 136 valence electrons. The average Bonchev–Trinajstić information content (AvgIpc) is 3.11. The van der Waals surface area contributed by atoms with E-state index in [1.807, 2.05) is 61.2 Å². The molecule has 7 heteroatoms. The van der Waals surface area contributed by atoms with Crippen LogP contribution in [0.2, 0.25) is 0 Å². The fraction of sp³-hybridized carbons (Fsp3) is 0.316. The first-order chi connectivity index (χ1) is 12.5. The molecular weight excluding hydrogens is 348 g/mol. The molecule has 6 nitrogen and oxygen atoms in total. The number of hydrogen-bond donors (Lipinski definition) is 1. The van der Waals surface area contributed by atoms with Crippen molar-refractivity contribution in [2.45, 2.75) is 40.3 Å². The van der Waals surface area contributed by atoms with Gasteiger partial charge in [-0.05, 0) is 32.9 Å². The zero-order chi connectivity index (χ0) is 18.7. The molecule has 1 amide bonds. The summed E-state index contributed by atoms with van der Waals surface area (Å²) in [7, 11) is 0. The monoisotopic (exact) mass is 370 g/mol. The number of para-hydroxylation sites is 1. The minimum Gasteiger partial charge on any atom is -0.352 e. The van der Waals surface area contributed by atoms with E-state index in [0.29, 0.717) is 13.1 Å². The van der Waals surface area contributed by atoms with Gasteiger partial charge in [0.1, 0.15) is 0 Å². The predicted molar refractivity (Wildman–Crippen MR) is 103 cm³/mol. The van der Waals surface area contributed by atoms with Crippen molar-refractivity contribution in [3.8, 4) is 5.69 Å². The maximum atomic E-state index is 12.2. The first kappa shape index (κ1) is 18.1. The fourth-order valence-electron chi connectivity index (χ4n) is 2.91. The SMILES string of the molecule is Cc1nn(-c2ccccc2)c(C)c1CNC(=O)CCn1c(C)csc1=O. The zero-order valence-electron chi connectivity index (χ0n) is 15.2. The predicted octanol–water partition coefficient (Wildman–Crippen LogP) is 2.73. The first-order valence-electron chi connectivity index (χ1n) is 8.49. The summed E-state index contributed by atoms with van der Waals surface area (Å²) in [5.41, 5.74) is 4.82. The van der Waals surface area contributed by atoms with Crippen molar-refractivity contribution in [3.63, 3.8) is 0 Å². The Morgan fingerprint density at radius 1 is 1.19 bits per heavy atom. The van der Waals surface area contributed by atoms with Crippen molar-refractivity contribution in [1.29, 1.82) is 0 Å². The highest BCUT2D eigenvalue weighted by Crippen LogP contribution is 2.17. The van der Waals surface area contributed by atoms with E-state index in [0.717, 1.165) is 39.7 Å². The van der Waals surface area contributed by atoms with E-state index in [9.17, 15) is 9.59 Å². The van der Waals surface area contributed by atoms with Crippen molar-refractivity contribution < 1.29 is 4.79 Å². The normalized spacial score (nSPS) is 10.9. The lowest BCUT2D eigenvalue weighted by Gasteiger charge is -2.08. The van der Waals surface area contributed by atoms with Crippen molar-refractivity contribution in [2.75, 3.05) is 0 Å². The second-order valence-electron chi connectivity index (χ2n) is 6.22. The van der Waals surface area contributed by atoms with Crippen LogP contribution in [-0.2, 0) is 17.9 Å². The third-order valence-electron chi connectivity index (χ3n) is 4.44. The van der Waals surface area contributed by atoms with E-state index in [1.54, 1.807) is 4.57 Å². The Bertz CT molecular complexity index is 969. The van der Waals surface area contributed by atoms with Gasteiger partial charge in [0.2, 0.25) is 5.91 Å². The van der Waals surface area contributed by atoms with Crippen LogP contribution in [0, 0.1) is 20.8 Å². The third kappa shape index (κ3) is 3.77. The molecule has 0 spiro atoms. The second-order valence-corrected chi connectivity index (χ2v) is 7.04. The van der Waals surface area contributed by atoms with E-state index >= 15 is 0 Å². The topological polar surface area (TPSA) is 68.9 Å². The maximum Gasteiger partial charge on any atom is 0.307 e. The average molecular weight is 370 g/mol. The highest BCUT2D eigenvalue weighted by molar-refractivity contribution is 7.07. The molecule has 0 bridgehead atoms. The summed E-state index contributed by atoms with van der Waals surface area (Å²) in [6.45, 7) is 6.66. The number of benzene rings is 1. The molecule has 0 radical (unpaired) electrons. The van der Waals surface area contributed by atoms with Crippen LogP contribution in [0.5, 0.6) is 0 Å². The Labute approximate surface area is 156 Å². The van der Waals surface area contributed by atoms with E-state index in [4.69, 9.17) is 0 Å². The molecule has 3 aromatic rings. The van der Waals surface area contributed by atoms with Gasteiger partial charge in [0.15, 0.2) is 0 Å². The number of rotatable bonds is 6. The summed E-state index contributed by atoms with van der Waals surface area (Å²) >= 11 is 1.16. The summed E-state index contributed by atoms with van der Waals surface area (Å²) in [5, 5.41) is 9.34. The van der Waals surface area contributed by atoms with Crippen LogP contribution >= 0.6 is 11.3 Å². The van der Waals surface area contributed by atoms with E-state index in [2.05, 4.69) is 10.4 Å². The zero-order valence-corrected chi connectivity index (χ0v) is 16.0. The molecule has 0 aliphatic heterocycles. The number of amides is 1. The lowest BCUT2D eigenvalue weighted by molar-refractivity contribution is -0.121. The van der Waals surface area contributed by atoms with Crippen LogP contribution < -0.4 is 10.2 Å². The van der Waals surface area contributed by atoms with Gasteiger partial charge in [0, 0.05) is 41.8 Å². The Morgan fingerprint density at radius 2 is 1.92 bits per heavy atom. The van der Waals surface area contributed by atoms with Crippen LogP contribution in [0.25, 0.3) is 5.69 Å². The number of hydrogen-bond acceptors (Lipinski definition) is 4. The molecule has 2 heterocycles. The molecule has 3 rings (SSSR count). The number of thiazole rings is 1. The minimum absolute atomic E-state index is 0.0221. The third-order valence-corrected chi connectivity index (χ3v) is 5.32. The standard InChI is InChI=1S/C19H22N4O2S/c1-13-12-26-19(25)22(13)10-9-18(24)20-11-17-14(2)21-23(15(17)3)16-7-5-4-6-8-16/h4-8,12H,9-11H2,1-3H3,(H,20,24). The summed E-state index contributed by atoms with van der Waals surface area (Å²) in [5.74, 6) is -0.0752. The molecule has 0 aliphatic rings. The Balaban J connectivity index is 1.64. The summed E-state index contributed by atoms with van der Waals surface area (Å²) in [6.07, 6.45) is 0.280. The van der Waals surface area contributed by atoms with E-state index in [-0.39, 0.29) is 17.2 Å². The number of nitrogens with zero attached hydrogens (tertiary/aromatic N) is 3. The van der Waals surface area contributed by atoms with Gasteiger partial charge in [0.25, 0.3) is 0 Å². The van der Waals surface area contributed by atoms with E-state index in [1.165, 1.54) is 0 Å². The quantitative estimate of drug-likeness (QED) is 0.725. The summed E-state index contributed by atoms with van der Waals surface area (Å²) in [4.78, 5) is 23.9. The highest BCUT2D eigenvalue weighted by atomic mass is 32.1. The summed E-state index contributed by atoms with van der Waals surface area (Å²) in [6, 6.07) is 9.92. The smallest absolute Gasteiger partial charge is 0.307 e. The van der Waals surface area contributed by atoms with Gasteiger partial charge in [-0.25, -0.2) is 4.68 Å². The van der Waals surface area contributed by atoms with E-state index < -0.39 is 0 Å². The molecule has 26 heavy (non-hydrogen) atoms. The van der Waals surface area contributed by atoms with Crippen molar-refractivity contribution in [2.24, 2.45) is 0 Å². The van der Waals surface area contributed by atoms with Crippen molar-refractivity contribution in [1.82, 2.24) is 19.7 Å². The number of carbonyl (C=O) groups excluding carboxylic acids is 1. The van der Waals surface area contributed by atoms with Crippen LogP contribution in [0.4, 0.5) is 0 Å². The molecule has 0 saturated heterocycles. The van der Waals surface area contributed by atoms with Crippen LogP contribution in [0.15, 0.2) is 40.5 Å². The van der Waals surface area contributed by atoms with Gasteiger partial charge < -0.3 is 9.88 Å². The van der Waals surface area contributed by atoms with Gasteiger partial charge in [-0.2, -0.15) is 5.10 Å². The molecule has 0 unspecified atom stereocenters. The number of carbonyl (C=O) groups is 1. The molecule has 1 N–H and O–H groups in total. The molecule has 0 atom stereocenters. The number of aromatic nitrogens is 3. The maximum absolute atomic E-state index is 12.2. The fourth-order valence-corrected chi connectivity index (χ4v) is 3.68. The Morgan fingerprint density at radius 3 is 2.58 bits per heavy atom. The second kappa shape index (κ2) is 7.70. The van der Waals surface area contributed by atoms with Gasteiger partial charge in [-0.15, -0.1) is 0 Å². The van der Waals surface area contributed by atoms with Gasteiger partial charge in [0.05, 0.1) is 11.4 Å². The molecule has 0 aliphatic carbocycles. The van der Waals surface area contributed by atoms with Crippen molar-refractivity contribution >= 4 is 17.2 Å².